The lowest BCUT2D eigenvalue weighted by molar-refractivity contribution is 0.0934. The zero-order chi connectivity index (χ0) is 16.7. The molecule has 1 atom stereocenters. The smallest absolute Gasteiger partial charge is 0.273 e. The fourth-order valence-corrected chi connectivity index (χ4v) is 2.40. The van der Waals surface area contributed by atoms with Crippen molar-refractivity contribution in [3.8, 4) is 11.3 Å². The van der Waals surface area contributed by atoms with Crippen LogP contribution in [-0.2, 0) is 0 Å². The Morgan fingerprint density at radius 1 is 1.35 bits per heavy atom. The first-order chi connectivity index (χ1) is 11.1. The fourth-order valence-electron chi connectivity index (χ4n) is 2.40. The van der Waals surface area contributed by atoms with Gasteiger partial charge in [0.2, 0.25) is 0 Å². The number of aliphatic hydroxyl groups excluding tert-OH is 1. The maximum absolute atomic E-state index is 12.9. The molecule has 124 valence electrons. The van der Waals surface area contributed by atoms with E-state index in [2.05, 4.69) is 17.4 Å². The molecule has 0 spiro atoms. The minimum Gasteiger partial charge on any atom is -0.396 e. The first kappa shape index (κ1) is 17.1. The normalized spacial score (nSPS) is 12.1. The molecule has 23 heavy (non-hydrogen) atoms. The molecule has 1 aromatic heterocycles. The van der Waals surface area contributed by atoms with Crippen molar-refractivity contribution in [3.05, 3.63) is 41.8 Å². The third-order valence-corrected chi connectivity index (χ3v) is 3.66. The summed E-state index contributed by atoms with van der Waals surface area (Å²) >= 11 is 0. The molecule has 0 saturated carbocycles. The monoisotopic (exact) mass is 320 g/mol. The number of rotatable bonds is 8. The van der Waals surface area contributed by atoms with E-state index in [-0.39, 0.29) is 29.9 Å². The van der Waals surface area contributed by atoms with Crippen LogP contribution in [0.4, 0.5) is 4.39 Å². The lowest BCUT2D eigenvalue weighted by atomic mass is 10.0. The summed E-state index contributed by atoms with van der Waals surface area (Å²) in [6.45, 7) is 2.67. The molecule has 0 aliphatic carbocycles. The van der Waals surface area contributed by atoms with Crippen molar-refractivity contribution in [1.82, 2.24) is 10.5 Å². The highest BCUT2D eigenvalue weighted by atomic mass is 19.1. The number of nitrogens with zero attached hydrogens (tertiary/aromatic N) is 1. The van der Waals surface area contributed by atoms with Crippen LogP contribution in [0, 0.1) is 11.7 Å². The highest BCUT2D eigenvalue weighted by Gasteiger charge is 2.15. The number of benzene rings is 1. The number of aromatic nitrogens is 1. The molecule has 0 aliphatic rings. The maximum Gasteiger partial charge on any atom is 0.273 e. The lowest BCUT2D eigenvalue weighted by Crippen LogP contribution is -2.30. The number of halogens is 1. The van der Waals surface area contributed by atoms with Crippen molar-refractivity contribution in [2.45, 2.75) is 26.2 Å². The maximum atomic E-state index is 12.9. The van der Waals surface area contributed by atoms with Crippen molar-refractivity contribution in [1.29, 1.82) is 0 Å². The first-order valence-corrected chi connectivity index (χ1v) is 7.75. The van der Waals surface area contributed by atoms with Crippen LogP contribution in [0.1, 0.15) is 36.7 Å². The topological polar surface area (TPSA) is 75.4 Å². The molecule has 0 saturated heterocycles. The molecule has 1 heterocycles. The second-order valence-corrected chi connectivity index (χ2v) is 5.46. The van der Waals surface area contributed by atoms with Gasteiger partial charge in [-0.2, -0.15) is 0 Å². The predicted octanol–water partition coefficient (Wildman–Crippen LogP) is 3.01. The van der Waals surface area contributed by atoms with Crippen LogP contribution in [0.2, 0.25) is 0 Å². The van der Waals surface area contributed by atoms with E-state index in [9.17, 15) is 9.18 Å². The molecule has 5 nitrogen and oxygen atoms in total. The average Bonchev–Trinajstić information content (AvgIpc) is 3.03. The quantitative estimate of drug-likeness (QED) is 0.784. The van der Waals surface area contributed by atoms with E-state index in [4.69, 9.17) is 9.63 Å². The lowest BCUT2D eigenvalue weighted by Gasteiger charge is -2.14. The van der Waals surface area contributed by atoms with E-state index < -0.39 is 0 Å². The second-order valence-electron chi connectivity index (χ2n) is 5.46. The number of carbonyl (C=O) groups is 1. The van der Waals surface area contributed by atoms with Gasteiger partial charge in [0.05, 0.1) is 0 Å². The molecule has 0 fully saturated rings. The van der Waals surface area contributed by atoms with Gasteiger partial charge in [-0.05, 0) is 43.0 Å². The van der Waals surface area contributed by atoms with E-state index in [0.717, 1.165) is 12.8 Å². The Labute approximate surface area is 134 Å². The van der Waals surface area contributed by atoms with Crippen LogP contribution in [0.5, 0.6) is 0 Å². The van der Waals surface area contributed by atoms with Gasteiger partial charge in [-0.15, -0.1) is 0 Å². The number of hydrogen-bond acceptors (Lipinski definition) is 4. The van der Waals surface area contributed by atoms with Gasteiger partial charge >= 0.3 is 0 Å². The van der Waals surface area contributed by atoms with Crippen molar-refractivity contribution in [2.75, 3.05) is 13.2 Å². The SMILES string of the molecule is CCCC(CCO)CNC(=O)c1cc(-c2ccc(F)cc2)on1. The minimum atomic E-state index is -0.336. The molecule has 1 amide bonds. The molecule has 6 heteroatoms. The van der Waals surface area contributed by atoms with Gasteiger partial charge in [-0.3, -0.25) is 4.79 Å². The average molecular weight is 320 g/mol. The zero-order valence-electron chi connectivity index (χ0n) is 13.1. The first-order valence-electron chi connectivity index (χ1n) is 7.75. The molecule has 2 rings (SSSR count). The van der Waals surface area contributed by atoms with Gasteiger partial charge in [-0.1, -0.05) is 18.5 Å². The number of aliphatic hydroxyl groups is 1. The van der Waals surface area contributed by atoms with Gasteiger partial charge in [-0.25, -0.2) is 4.39 Å². The van der Waals surface area contributed by atoms with E-state index in [1.165, 1.54) is 18.2 Å². The van der Waals surface area contributed by atoms with Crippen LogP contribution in [0.3, 0.4) is 0 Å². The van der Waals surface area contributed by atoms with Gasteiger partial charge in [0.25, 0.3) is 5.91 Å². The summed E-state index contributed by atoms with van der Waals surface area (Å²) in [6, 6.07) is 7.30. The largest absolute Gasteiger partial charge is 0.396 e. The minimum absolute atomic E-state index is 0.110. The van der Waals surface area contributed by atoms with E-state index >= 15 is 0 Å². The molecule has 2 N–H and O–H groups in total. The Morgan fingerprint density at radius 2 is 2.09 bits per heavy atom. The van der Waals surface area contributed by atoms with Crippen LogP contribution in [-0.4, -0.2) is 29.3 Å². The number of amides is 1. The third kappa shape index (κ3) is 4.89. The van der Waals surface area contributed by atoms with Gasteiger partial charge < -0.3 is 14.9 Å². The molecule has 2 aromatic rings. The zero-order valence-corrected chi connectivity index (χ0v) is 13.1. The fraction of sp³-hybridized carbons (Fsp3) is 0.412. The Bertz CT molecular complexity index is 619. The second kappa shape index (κ2) is 8.43. The molecule has 1 aromatic carbocycles. The van der Waals surface area contributed by atoms with E-state index in [1.807, 2.05) is 0 Å². The Kier molecular flexibility index (Phi) is 6.29. The summed E-state index contributed by atoms with van der Waals surface area (Å²) in [4.78, 5) is 12.1. The molecule has 1 unspecified atom stereocenters. The number of hydrogen-bond donors (Lipinski definition) is 2. The van der Waals surface area contributed by atoms with Gasteiger partial charge in [0.15, 0.2) is 11.5 Å². The summed E-state index contributed by atoms with van der Waals surface area (Å²) in [5.41, 5.74) is 0.839. The molecular weight excluding hydrogens is 299 g/mol. The summed E-state index contributed by atoms with van der Waals surface area (Å²) < 4.78 is 18.0. The van der Waals surface area contributed by atoms with Gasteiger partial charge in [0, 0.05) is 24.8 Å². The summed E-state index contributed by atoms with van der Waals surface area (Å²) in [7, 11) is 0. The Morgan fingerprint density at radius 3 is 2.74 bits per heavy atom. The Balaban J connectivity index is 1.96. The standard InChI is InChI=1S/C17H21FN2O3/c1-2-3-12(8-9-21)11-19-17(22)15-10-16(23-20-15)13-4-6-14(18)7-5-13/h4-7,10,12,21H,2-3,8-9,11H2,1H3,(H,19,22). The van der Waals surface area contributed by atoms with E-state index in [1.54, 1.807) is 12.1 Å². The number of carbonyl (C=O) groups excluding carboxylic acids is 1. The summed E-state index contributed by atoms with van der Waals surface area (Å²) in [6.07, 6.45) is 2.60. The molecular formula is C17H21FN2O3. The van der Waals surface area contributed by atoms with Crippen molar-refractivity contribution >= 4 is 5.91 Å². The molecule has 0 aliphatic heterocycles. The van der Waals surface area contributed by atoms with Crippen molar-refractivity contribution in [3.63, 3.8) is 0 Å². The van der Waals surface area contributed by atoms with Crippen LogP contribution in [0.15, 0.2) is 34.9 Å². The molecule has 0 bridgehead atoms. The van der Waals surface area contributed by atoms with Crippen LogP contribution in [0.25, 0.3) is 11.3 Å². The highest BCUT2D eigenvalue weighted by molar-refractivity contribution is 5.93. The van der Waals surface area contributed by atoms with Gasteiger partial charge in [0.1, 0.15) is 5.82 Å². The highest BCUT2D eigenvalue weighted by Crippen LogP contribution is 2.20. The number of nitrogens with one attached hydrogen (secondary N) is 1. The van der Waals surface area contributed by atoms with Crippen molar-refractivity contribution in [2.24, 2.45) is 5.92 Å². The Hall–Kier alpha value is -2.21. The predicted molar refractivity (Wildman–Crippen MR) is 84.3 cm³/mol. The third-order valence-electron chi connectivity index (χ3n) is 3.66. The summed E-state index contributed by atoms with van der Waals surface area (Å²) in [5, 5.41) is 15.6. The summed E-state index contributed by atoms with van der Waals surface area (Å²) in [5.74, 6) is 0.00581. The van der Waals surface area contributed by atoms with Crippen LogP contribution >= 0.6 is 0 Å². The van der Waals surface area contributed by atoms with Crippen molar-refractivity contribution < 1.29 is 18.8 Å². The molecule has 0 radical (unpaired) electrons. The van der Waals surface area contributed by atoms with E-state index in [0.29, 0.717) is 24.3 Å². The van der Waals surface area contributed by atoms with Crippen LogP contribution < -0.4 is 5.32 Å².